The van der Waals surface area contributed by atoms with E-state index in [2.05, 4.69) is 4.40 Å². The quantitative estimate of drug-likeness (QED) is 0.456. The van der Waals surface area contributed by atoms with E-state index in [0.29, 0.717) is 0 Å². The van der Waals surface area contributed by atoms with Gasteiger partial charge in [0.1, 0.15) is 6.34 Å². The Labute approximate surface area is 150 Å². The molecule has 1 aliphatic heterocycles. The monoisotopic (exact) mass is 364 g/mol. The number of sulfonamides is 1. The molecule has 0 saturated carbocycles. The Balaban J connectivity index is 2.09. The summed E-state index contributed by atoms with van der Waals surface area (Å²) in [6, 6.07) is 6.51. The lowest BCUT2D eigenvalue weighted by molar-refractivity contribution is 0.00578. The molecule has 0 atom stereocenters. The summed E-state index contributed by atoms with van der Waals surface area (Å²) in [6.45, 7) is 7.98. The van der Waals surface area contributed by atoms with Crippen LogP contribution in [0.5, 0.6) is 0 Å². The van der Waals surface area contributed by atoms with Crippen LogP contribution in [-0.4, -0.2) is 52.1 Å². The van der Waals surface area contributed by atoms with Crippen molar-refractivity contribution in [1.82, 2.24) is 4.90 Å². The van der Waals surface area contributed by atoms with Gasteiger partial charge in [-0.25, -0.2) is 0 Å². The topological polar surface area (TPSA) is 68.2 Å². The first-order chi connectivity index (χ1) is 11.4. The molecule has 0 bridgehead atoms. The SMILES string of the molecule is CN(C)/C=N/S(=O)(=O)c1ccc(/C=C/B2OC(C)(C)C(C)(C)O2)cc1. The van der Waals surface area contributed by atoms with Crippen LogP contribution in [0.2, 0.25) is 0 Å². The van der Waals surface area contributed by atoms with Crippen molar-refractivity contribution >= 4 is 29.6 Å². The van der Waals surface area contributed by atoms with Crippen LogP contribution in [0.3, 0.4) is 0 Å². The van der Waals surface area contributed by atoms with Gasteiger partial charge in [-0.15, -0.1) is 4.40 Å². The van der Waals surface area contributed by atoms with E-state index in [1.54, 1.807) is 31.1 Å². The molecule has 6 nitrogen and oxygen atoms in total. The molecule has 1 heterocycles. The van der Waals surface area contributed by atoms with Crippen LogP contribution in [0, 0.1) is 0 Å². The minimum atomic E-state index is -3.68. The van der Waals surface area contributed by atoms with E-state index in [1.165, 1.54) is 18.5 Å². The van der Waals surface area contributed by atoms with Crippen LogP contribution in [0.1, 0.15) is 33.3 Å². The predicted molar refractivity (Wildman–Crippen MR) is 101 cm³/mol. The Hall–Kier alpha value is -1.64. The lowest BCUT2D eigenvalue weighted by Crippen LogP contribution is -2.41. The van der Waals surface area contributed by atoms with Crippen molar-refractivity contribution in [2.24, 2.45) is 4.40 Å². The molecule has 2 rings (SSSR count). The molecule has 1 aromatic carbocycles. The number of benzene rings is 1. The molecule has 136 valence electrons. The molecule has 0 radical (unpaired) electrons. The highest BCUT2D eigenvalue weighted by atomic mass is 32.2. The summed E-state index contributed by atoms with van der Waals surface area (Å²) < 4.78 is 39.5. The average Bonchev–Trinajstić information content (AvgIpc) is 2.71. The molecule has 0 aliphatic carbocycles. The third-order valence-electron chi connectivity index (χ3n) is 4.31. The number of nitrogens with zero attached hydrogens (tertiary/aromatic N) is 2. The molecule has 1 aromatic rings. The lowest BCUT2D eigenvalue weighted by atomic mass is 9.89. The molecular weight excluding hydrogens is 339 g/mol. The zero-order chi connectivity index (χ0) is 18.9. The van der Waals surface area contributed by atoms with E-state index in [-0.39, 0.29) is 16.1 Å². The lowest BCUT2D eigenvalue weighted by Gasteiger charge is -2.32. The molecule has 8 heteroatoms. The van der Waals surface area contributed by atoms with Gasteiger partial charge in [-0.3, -0.25) is 0 Å². The second kappa shape index (κ2) is 6.94. The standard InChI is InChI=1S/C17H25BN2O4S/c1-16(2)17(3,4)24-18(23-16)12-11-14-7-9-15(10-8-14)25(21,22)19-13-20(5)6/h7-13H,1-6H3/b12-11+,19-13+. The van der Waals surface area contributed by atoms with Crippen LogP contribution in [0.4, 0.5) is 0 Å². The zero-order valence-electron chi connectivity index (χ0n) is 15.6. The predicted octanol–water partition coefficient (Wildman–Crippen LogP) is 2.61. The van der Waals surface area contributed by atoms with Crippen LogP contribution < -0.4 is 0 Å². The highest BCUT2D eigenvalue weighted by molar-refractivity contribution is 7.90. The first-order valence-corrected chi connectivity index (χ1v) is 9.48. The van der Waals surface area contributed by atoms with E-state index in [4.69, 9.17) is 9.31 Å². The van der Waals surface area contributed by atoms with Crippen molar-refractivity contribution in [3.63, 3.8) is 0 Å². The van der Waals surface area contributed by atoms with Crippen molar-refractivity contribution in [2.45, 2.75) is 43.8 Å². The highest BCUT2D eigenvalue weighted by Gasteiger charge is 2.49. The van der Waals surface area contributed by atoms with E-state index in [0.717, 1.165) is 5.56 Å². The summed E-state index contributed by atoms with van der Waals surface area (Å²) in [5, 5.41) is 0. The number of hydrogen-bond acceptors (Lipinski definition) is 4. The van der Waals surface area contributed by atoms with Crippen LogP contribution in [0.15, 0.2) is 39.5 Å². The van der Waals surface area contributed by atoms with E-state index in [9.17, 15) is 8.42 Å². The third kappa shape index (κ3) is 4.71. The molecule has 1 fully saturated rings. The Bertz CT molecular complexity index is 752. The van der Waals surface area contributed by atoms with Crippen molar-refractivity contribution in [2.75, 3.05) is 14.1 Å². The highest BCUT2D eigenvalue weighted by Crippen LogP contribution is 2.37. The Kier molecular flexibility index (Phi) is 5.46. The Morgan fingerprint density at radius 2 is 1.56 bits per heavy atom. The third-order valence-corrected chi connectivity index (χ3v) is 5.55. The van der Waals surface area contributed by atoms with E-state index >= 15 is 0 Å². The molecule has 0 N–H and O–H groups in total. The summed E-state index contributed by atoms with van der Waals surface area (Å²) in [6.07, 6.45) is 3.11. The largest absolute Gasteiger partial charge is 0.487 e. The van der Waals surface area contributed by atoms with Crippen LogP contribution in [0.25, 0.3) is 6.08 Å². The summed E-state index contributed by atoms with van der Waals surface area (Å²) in [5.74, 6) is 1.82. The summed E-state index contributed by atoms with van der Waals surface area (Å²) >= 11 is 0. The van der Waals surface area contributed by atoms with Gasteiger partial charge < -0.3 is 14.2 Å². The maximum absolute atomic E-state index is 12.1. The molecule has 0 aromatic heterocycles. The average molecular weight is 364 g/mol. The number of rotatable bonds is 5. The fourth-order valence-electron chi connectivity index (χ4n) is 2.12. The van der Waals surface area contributed by atoms with Crippen LogP contribution >= 0.6 is 0 Å². The fourth-order valence-corrected chi connectivity index (χ4v) is 3.04. The van der Waals surface area contributed by atoms with E-state index < -0.39 is 17.1 Å². The second-order valence-corrected chi connectivity index (χ2v) is 8.84. The van der Waals surface area contributed by atoms with Gasteiger partial charge in [-0.1, -0.05) is 24.2 Å². The normalized spacial score (nSPS) is 19.8. The van der Waals surface area contributed by atoms with Crippen molar-refractivity contribution in [3.05, 3.63) is 35.8 Å². The molecular formula is C17H25BN2O4S. The first kappa shape index (κ1) is 19.7. The maximum atomic E-state index is 12.1. The van der Waals surface area contributed by atoms with Gasteiger partial charge in [0.15, 0.2) is 0 Å². The molecule has 0 spiro atoms. The van der Waals surface area contributed by atoms with Gasteiger partial charge >= 0.3 is 7.12 Å². The Morgan fingerprint density at radius 3 is 2.04 bits per heavy atom. The molecule has 0 amide bonds. The van der Waals surface area contributed by atoms with Gasteiger partial charge in [-0.2, -0.15) is 8.42 Å². The molecule has 0 unspecified atom stereocenters. The molecule has 1 saturated heterocycles. The van der Waals surface area contributed by atoms with Crippen molar-refractivity contribution < 1.29 is 17.7 Å². The Morgan fingerprint density at radius 1 is 1.04 bits per heavy atom. The summed E-state index contributed by atoms with van der Waals surface area (Å²) in [5.41, 5.74) is 0.0830. The minimum absolute atomic E-state index is 0.151. The van der Waals surface area contributed by atoms with Crippen molar-refractivity contribution in [1.29, 1.82) is 0 Å². The summed E-state index contributed by atoms with van der Waals surface area (Å²) in [7, 11) is -0.690. The van der Waals surface area contributed by atoms with Gasteiger partial charge in [0.25, 0.3) is 10.0 Å². The first-order valence-electron chi connectivity index (χ1n) is 8.04. The van der Waals surface area contributed by atoms with Gasteiger partial charge in [-0.05, 0) is 45.4 Å². The maximum Gasteiger partial charge on any atom is 0.487 e. The smallest absolute Gasteiger partial charge is 0.400 e. The molecule has 25 heavy (non-hydrogen) atoms. The van der Waals surface area contributed by atoms with Crippen molar-refractivity contribution in [3.8, 4) is 0 Å². The van der Waals surface area contributed by atoms with Gasteiger partial charge in [0, 0.05) is 14.1 Å². The summed E-state index contributed by atoms with van der Waals surface area (Å²) in [4.78, 5) is 1.72. The minimum Gasteiger partial charge on any atom is -0.400 e. The van der Waals surface area contributed by atoms with Gasteiger partial charge in [0.05, 0.1) is 16.1 Å². The zero-order valence-corrected chi connectivity index (χ0v) is 16.4. The van der Waals surface area contributed by atoms with Gasteiger partial charge in [0.2, 0.25) is 0 Å². The van der Waals surface area contributed by atoms with Crippen LogP contribution in [-0.2, 0) is 19.3 Å². The second-order valence-electron chi connectivity index (χ2n) is 7.21. The number of hydrogen-bond donors (Lipinski definition) is 0. The van der Waals surface area contributed by atoms with E-state index in [1.807, 2.05) is 39.7 Å². The fraction of sp³-hybridized carbons (Fsp3) is 0.471. The molecule has 1 aliphatic rings.